The van der Waals surface area contributed by atoms with Crippen LogP contribution in [0.1, 0.15) is 12.8 Å². The van der Waals surface area contributed by atoms with Crippen LogP contribution in [0.5, 0.6) is 0 Å². The summed E-state index contributed by atoms with van der Waals surface area (Å²) in [5.74, 6) is 0.634. The number of nitro groups is 1. The molecular formula is C12H16N2O3. The van der Waals surface area contributed by atoms with Crippen molar-refractivity contribution in [1.82, 2.24) is 0 Å². The summed E-state index contributed by atoms with van der Waals surface area (Å²) in [6.07, 6.45) is 2.41. The van der Waals surface area contributed by atoms with Crippen LogP contribution in [0.4, 0.5) is 11.4 Å². The number of nitrogens with zero attached hydrogens (tertiary/aromatic N) is 1. The first-order chi connectivity index (χ1) is 8.20. The Balaban J connectivity index is 2.05. The normalized spacial score (nSPS) is 16.5. The third-order valence-corrected chi connectivity index (χ3v) is 2.95. The van der Waals surface area contributed by atoms with Crippen molar-refractivity contribution in [3.63, 3.8) is 0 Å². The molecule has 1 N–H and O–H groups in total. The summed E-state index contributed by atoms with van der Waals surface area (Å²) in [7, 11) is 1.67. The number of non-ortho nitro benzene ring substituents is 1. The molecule has 1 fully saturated rings. The van der Waals surface area contributed by atoms with Crippen molar-refractivity contribution < 1.29 is 9.66 Å². The molecule has 0 amide bonds. The first kappa shape index (κ1) is 11.9. The second-order valence-electron chi connectivity index (χ2n) is 4.35. The van der Waals surface area contributed by atoms with Crippen LogP contribution in [-0.2, 0) is 4.74 Å². The van der Waals surface area contributed by atoms with Gasteiger partial charge < -0.3 is 10.1 Å². The van der Waals surface area contributed by atoms with Gasteiger partial charge in [0.15, 0.2) is 0 Å². The lowest BCUT2D eigenvalue weighted by atomic mass is 10.2. The summed E-state index contributed by atoms with van der Waals surface area (Å²) in [4.78, 5) is 10.3. The molecule has 5 heteroatoms. The molecular weight excluding hydrogens is 220 g/mol. The van der Waals surface area contributed by atoms with E-state index >= 15 is 0 Å². The second-order valence-corrected chi connectivity index (χ2v) is 4.35. The molecule has 1 aromatic rings. The molecule has 0 radical (unpaired) electrons. The average Bonchev–Trinajstić information content (AvgIpc) is 3.13. The van der Waals surface area contributed by atoms with Crippen molar-refractivity contribution >= 4 is 11.4 Å². The fourth-order valence-electron chi connectivity index (χ4n) is 1.90. The van der Waals surface area contributed by atoms with Crippen LogP contribution in [0, 0.1) is 16.0 Å². The molecule has 1 atom stereocenters. The van der Waals surface area contributed by atoms with Crippen molar-refractivity contribution in [2.75, 3.05) is 19.0 Å². The number of rotatable bonds is 6. The molecule has 1 aliphatic rings. The van der Waals surface area contributed by atoms with Gasteiger partial charge in [-0.15, -0.1) is 0 Å². The highest BCUT2D eigenvalue weighted by Gasteiger charge is 2.31. The molecule has 1 saturated carbocycles. The minimum absolute atomic E-state index is 0.113. The van der Waals surface area contributed by atoms with Crippen LogP contribution in [0.3, 0.4) is 0 Å². The van der Waals surface area contributed by atoms with Gasteiger partial charge in [0, 0.05) is 24.9 Å². The SMILES string of the molecule is COCC(Nc1cccc([N+](=O)[O-])c1)C1CC1. The molecule has 1 aromatic carbocycles. The molecule has 92 valence electrons. The number of ether oxygens (including phenoxy) is 1. The van der Waals surface area contributed by atoms with E-state index in [1.54, 1.807) is 19.2 Å². The number of nitro benzene ring substituents is 1. The van der Waals surface area contributed by atoms with E-state index < -0.39 is 0 Å². The van der Waals surface area contributed by atoms with Crippen molar-refractivity contribution in [2.45, 2.75) is 18.9 Å². The Morgan fingerprint density at radius 3 is 2.94 bits per heavy atom. The molecule has 1 aliphatic carbocycles. The molecule has 2 rings (SSSR count). The molecule has 1 unspecified atom stereocenters. The fourth-order valence-corrected chi connectivity index (χ4v) is 1.90. The van der Waals surface area contributed by atoms with Crippen molar-refractivity contribution in [1.29, 1.82) is 0 Å². The number of hydrogen-bond acceptors (Lipinski definition) is 4. The molecule has 0 saturated heterocycles. The highest BCUT2D eigenvalue weighted by molar-refractivity contribution is 5.51. The van der Waals surface area contributed by atoms with Crippen LogP contribution in [0.25, 0.3) is 0 Å². The summed E-state index contributed by atoms with van der Waals surface area (Å²) in [5.41, 5.74) is 0.898. The zero-order valence-electron chi connectivity index (χ0n) is 9.76. The number of benzene rings is 1. The van der Waals surface area contributed by atoms with Crippen molar-refractivity contribution in [3.05, 3.63) is 34.4 Å². The number of methoxy groups -OCH3 is 1. The third kappa shape index (κ3) is 3.17. The van der Waals surface area contributed by atoms with E-state index in [1.807, 2.05) is 6.07 Å². The van der Waals surface area contributed by atoms with Crippen LogP contribution in [0.15, 0.2) is 24.3 Å². The van der Waals surface area contributed by atoms with Gasteiger partial charge in [0.2, 0.25) is 0 Å². The number of nitrogens with one attached hydrogen (secondary N) is 1. The van der Waals surface area contributed by atoms with Gasteiger partial charge in [-0.3, -0.25) is 10.1 Å². The Morgan fingerprint density at radius 2 is 2.35 bits per heavy atom. The molecule has 0 heterocycles. The van der Waals surface area contributed by atoms with Crippen LogP contribution >= 0.6 is 0 Å². The standard InChI is InChI=1S/C12H16N2O3/c1-17-8-12(9-5-6-9)13-10-3-2-4-11(7-10)14(15)16/h2-4,7,9,12-13H,5-6,8H2,1H3. The molecule has 0 aromatic heterocycles. The summed E-state index contributed by atoms with van der Waals surface area (Å²) >= 11 is 0. The minimum Gasteiger partial charge on any atom is -0.383 e. The van der Waals surface area contributed by atoms with Crippen molar-refractivity contribution in [2.24, 2.45) is 5.92 Å². The smallest absolute Gasteiger partial charge is 0.271 e. The predicted molar refractivity (Wildman–Crippen MR) is 65.1 cm³/mol. The first-order valence-corrected chi connectivity index (χ1v) is 5.70. The molecule has 0 spiro atoms. The molecule has 17 heavy (non-hydrogen) atoms. The van der Waals surface area contributed by atoms with Crippen molar-refractivity contribution in [3.8, 4) is 0 Å². The van der Waals surface area contributed by atoms with Crippen LogP contribution < -0.4 is 5.32 Å². The van der Waals surface area contributed by atoms with Gasteiger partial charge in [0.05, 0.1) is 17.6 Å². The van der Waals surface area contributed by atoms with Gasteiger partial charge in [-0.05, 0) is 24.8 Å². The van der Waals surface area contributed by atoms with Gasteiger partial charge in [0.25, 0.3) is 5.69 Å². The topological polar surface area (TPSA) is 64.4 Å². The molecule has 5 nitrogen and oxygen atoms in total. The highest BCUT2D eigenvalue weighted by Crippen LogP contribution is 2.34. The zero-order valence-corrected chi connectivity index (χ0v) is 9.76. The summed E-state index contributed by atoms with van der Waals surface area (Å²) < 4.78 is 5.16. The maximum atomic E-state index is 10.7. The Bertz CT molecular complexity index is 404. The lowest BCUT2D eigenvalue weighted by Crippen LogP contribution is -2.27. The fraction of sp³-hybridized carbons (Fsp3) is 0.500. The molecule has 0 aliphatic heterocycles. The molecule has 0 bridgehead atoms. The largest absolute Gasteiger partial charge is 0.383 e. The summed E-state index contributed by atoms with van der Waals surface area (Å²) in [6.45, 7) is 0.632. The lowest BCUT2D eigenvalue weighted by Gasteiger charge is -2.18. The van der Waals surface area contributed by atoms with Gasteiger partial charge in [0.1, 0.15) is 0 Å². The van der Waals surface area contributed by atoms with E-state index in [2.05, 4.69) is 5.32 Å². The predicted octanol–water partition coefficient (Wildman–Crippen LogP) is 2.43. The lowest BCUT2D eigenvalue weighted by molar-refractivity contribution is -0.384. The average molecular weight is 236 g/mol. The summed E-state index contributed by atoms with van der Waals surface area (Å²) in [5, 5.41) is 14.0. The first-order valence-electron chi connectivity index (χ1n) is 5.70. The second kappa shape index (κ2) is 5.14. The van der Waals surface area contributed by atoms with E-state index in [4.69, 9.17) is 4.74 Å². The third-order valence-electron chi connectivity index (χ3n) is 2.95. The van der Waals surface area contributed by atoms with E-state index in [0.29, 0.717) is 12.5 Å². The van der Waals surface area contributed by atoms with Gasteiger partial charge in [-0.2, -0.15) is 0 Å². The Kier molecular flexibility index (Phi) is 3.58. The van der Waals surface area contributed by atoms with E-state index in [9.17, 15) is 10.1 Å². The Morgan fingerprint density at radius 1 is 1.59 bits per heavy atom. The maximum Gasteiger partial charge on any atom is 0.271 e. The van der Waals surface area contributed by atoms with E-state index in [1.165, 1.54) is 18.9 Å². The number of hydrogen-bond donors (Lipinski definition) is 1. The van der Waals surface area contributed by atoms with E-state index in [-0.39, 0.29) is 16.7 Å². The van der Waals surface area contributed by atoms with E-state index in [0.717, 1.165) is 5.69 Å². The van der Waals surface area contributed by atoms with Gasteiger partial charge >= 0.3 is 0 Å². The van der Waals surface area contributed by atoms with Crippen LogP contribution in [-0.4, -0.2) is 24.7 Å². The highest BCUT2D eigenvalue weighted by atomic mass is 16.6. The monoisotopic (exact) mass is 236 g/mol. The Hall–Kier alpha value is -1.62. The zero-order chi connectivity index (χ0) is 12.3. The van der Waals surface area contributed by atoms with Crippen LogP contribution in [0.2, 0.25) is 0 Å². The quantitative estimate of drug-likeness (QED) is 0.608. The maximum absolute atomic E-state index is 10.7. The Labute approximate surface area is 99.9 Å². The summed E-state index contributed by atoms with van der Waals surface area (Å²) in [6, 6.07) is 6.84. The van der Waals surface area contributed by atoms with Gasteiger partial charge in [-0.25, -0.2) is 0 Å². The number of anilines is 1. The minimum atomic E-state index is -0.381. The van der Waals surface area contributed by atoms with Gasteiger partial charge in [-0.1, -0.05) is 6.07 Å².